The number of nitrogens with zero attached hydrogens (tertiary/aromatic N) is 2. The summed E-state index contributed by atoms with van der Waals surface area (Å²) < 4.78 is 0. The summed E-state index contributed by atoms with van der Waals surface area (Å²) in [5.74, 6) is 0.0866. The second-order valence-corrected chi connectivity index (χ2v) is 6.19. The van der Waals surface area contributed by atoms with E-state index >= 15 is 0 Å². The fourth-order valence-corrected chi connectivity index (χ4v) is 3.42. The third-order valence-electron chi connectivity index (χ3n) is 4.63. The summed E-state index contributed by atoms with van der Waals surface area (Å²) in [6, 6.07) is 17.8. The molecule has 24 heavy (non-hydrogen) atoms. The van der Waals surface area contributed by atoms with E-state index in [1.54, 1.807) is 0 Å². The maximum Gasteiger partial charge on any atom is 3.00 e. The minimum Gasteiger partial charge on any atom is -0.391 e. The van der Waals surface area contributed by atoms with Crippen LogP contribution < -0.4 is 10.2 Å². The van der Waals surface area contributed by atoms with Gasteiger partial charge in [-0.25, -0.2) is 0 Å². The van der Waals surface area contributed by atoms with Gasteiger partial charge in [0, 0.05) is 39.1 Å². The number of piperazine rings is 1. The number of hydrogen-bond donors (Lipinski definition) is 1. The predicted molar refractivity (Wildman–Crippen MR) is 91.5 cm³/mol. The van der Waals surface area contributed by atoms with Crippen LogP contribution in [0.2, 0.25) is 0 Å². The van der Waals surface area contributed by atoms with Crippen molar-refractivity contribution in [3.63, 3.8) is 0 Å². The Morgan fingerprint density at radius 3 is 2.54 bits per heavy atom. The summed E-state index contributed by atoms with van der Waals surface area (Å²) in [5, 5.41) is 2.92. The summed E-state index contributed by atoms with van der Waals surface area (Å²) in [4.78, 5) is 16.5. The Hall–Kier alpha value is -1.23. The molecule has 0 radical (unpaired) electrons. The zero-order valence-electron chi connectivity index (χ0n) is 13.7. The zero-order valence-corrected chi connectivity index (χ0v) is 16.5. The zero-order chi connectivity index (χ0) is 15.6. The second kappa shape index (κ2) is 7.77. The van der Waals surface area contributed by atoms with Gasteiger partial charge in [-0.2, -0.15) is 12.1 Å². The van der Waals surface area contributed by atoms with E-state index in [4.69, 9.17) is 0 Å². The molecule has 1 amide bonds. The van der Waals surface area contributed by atoms with Crippen molar-refractivity contribution in [3.8, 4) is 0 Å². The molecule has 0 atom stereocenters. The molecule has 0 spiro atoms. The quantitative estimate of drug-likeness (QED) is 0.811. The van der Waals surface area contributed by atoms with Crippen molar-refractivity contribution in [2.45, 2.75) is 13.0 Å². The summed E-state index contributed by atoms with van der Waals surface area (Å²) in [6.07, 6.45) is 0.478. The predicted octanol–water partition coefficient (Wildman–Crippen LogP) is 2.30. The topological polar surface area (TPSA) is 35.6 Å². The number of nitrogens with one attached hydrogen (secondary N) is 1. The summed E-state index contributed by atoms with van der Waals surface area (Å²) in [7, 11) is 0. The van der Waals surface area contributed by atoms with Crippen LogP contribution in [0.4, 0.5) is 11.4 Å². The van der Waals surface area contributed by atoms with Crippen molar-refractivity contribution in [2.24, 2.45) is 0 Å². The van der Waals surface area contributed by atoms with Crippen LogP contribution in [0.25, 0.3) is 0 Å². The van der Waals surface area contributed by atoms with Crippen LogP contribution in [0.15, 0.2) is 42.5 Å². The molecule has 0 unspecified atom stereocenters. The van der Waals surface area contributed by atoms with Gasteiger partial charge >= 0.3 is 32.7 Å². The Labute approximate surface area is 168 Å². The Balaban J connectivity index is 0.00000169. The molecule has 118 valence electrons. The van der Waals surface area contributed by atoms with Crippen molar-refractivity contribution >= 4 is 17.3 Å². The monoisotopic (exact) mass is 395 g/mol. The maximum absolute atomic E-state index is 11.6. The first-order valence-corrected chi connectivity index (χ1v) is 8.14. The molecule has 1 N–H and O–H groups in total. The maximum atomic E-state index is 11.6. The standard InChI is InChI=1S/C19H20N3O.Y/c23-19-13-16-17(20-19)7-4-8-18(16)22-11-9-21(10-12-22)14-15-5-2-1-3-6-15;/h1-7H,9-14H2,(H,20,23);/q-1;+3. The van der Waals surface area contributed by atoms with Gasteiger partial charge in [0.25, 0.3) is 0 Å². The number of hydrogen-bond acceptors (Lipinski definition) is 3. The summed E-state index contributed by atoms with van der Waals surface area (Å²) >= 11 is 0. The van der Waals surface area contributed by atoms with Crippen molar-refractivity contribution in [1.82, 2.24) is 4.90 Å². The van der Waals surface area contributed by atoms with Gasteiger partial charge in [-0.15, -0.1) is 11.6 Å². The average molecular weight is 395 g/mol. The smallest absolute Gasteiger partial charge is 0.391 e. The number of amides is 1. The fraction of sp³-hybridized carbons (Fsp3) is 0.316. The van der Waals surface area contributed by atoms with Crippen molar-refractivity contribution < 1.29 is 37.5 Å². The fourth-order valence-electron chi connectivity index (χ4n) is 3.42. The van der Waals surface area contributed by atoms with E-state index in [-0.39, 0.29) is 38.6 Å². The van der Waals surface area contributed by atoms with Crippen LogP contribution in [-0.4, -0.2) is 37.0 Å². The third kappa shape index (κ3) is 3.71. The van der Waals surface area contributed by atoms with Gasteiger partial charge in [-0.3, -0.25) is 9.69 Å². The molecule has 4 rings (SSSR count). The number of carbonyl (C=O) groups excluding carboxylic acids is 1. The largest absolute Gasteiger partial charge is 3.00 e. The first kappa shape index (κ1) is 17.6. The molecule has 4 nitrogen and oxygen atoms in total. The van der Waals surface area contributed by atoms with Gasteiger partial charge < -0.3 is 10.2 Å². The molecule has 0 bridgehead atoms. The van der Waals surface area contributed by atoms with Gasteiger partial charge in [0.1, 0.15) is 0 Å². The van der Waals surface area contributed by atoms with Crippen LogP contribution in [0.5, 0.6) is 0 Å². The number of carbonyl (C=O) groups is 1. The van der Waals surface area contributed by atoms with E-state index in [2.05, 4.69) is 51.5 Å². The van der Waals surface area contributed by atoms with Gasteiger partial charge in [0.15, 0.2) is 0 Å². The molecule has 0 aliphatic carbocycles. The molecule has 2 aliphatic heterocycles. The minimum absolute atomic E-state index is 0. The molecule has 2 heterocycles. The van der Waals surface area contributed by atoms with E-state index in [0.717, 1.165) is 49.7 Å². The summed E-state index contributed by atoms with van der Waals surface area (Å²) in [5.41, 5.74) is 4.52. The van der Waals surface area contributed by atoms with Crippen LogP contribution in [0.1, 0.15) is 11.1 Å². The second-order valence-electron chi connectivity index (χ2n) is 6.19. The molecule has 2 aromatic carbocycles. The first-order chi connectivity index (χ1) is 11.3. The van der Waals surface area contributed by atoms with Crippen molar-refractivity contribution in [2.75, 3.05) is 36.4 Å². The Kier molecular flexibility index (Phi) is 5.70. The number of benzene rings is 2. The first-order valence-electron chi connectivity index (χ1n) is 8.14. The number of anilines is 2. The normalized spacial score (nSPS) is 17.2. The molecular formula is C19H20N3OY+2. The van der Waals surface area contributed by atoms with Gasteiger partial charge in [0.2, 0.25) is 5.91 Å². The molecule has 5 heteroatoms. The van der Waals surface area contributed by atoms with Gasteiger partial charge in [-0.1, -0.05) is 41.7 Å². The van der Waals surface area contributed by atoms with Crippen LogP contribution in [0, 0.1) is 6.07 Å². The van der Waals surface area contributed by atoms with Crippen molar-refractivity contribution in [1.29, 1.82) is 0 Å². The van der Waals surface area contributed by atoms with E-state index in [0.29, 0.717) is 6.42 Å². The van der Waals surface area contributed by atoms with Crippen LogP contribution in [0.3, 0.4) is 0 Å². The molecule has 1 saturated heterocycles. The Morgan fingerprint density at radius 1 is 1.04 bits per heavy atom. The SMILES string of the molecule is O=C1Cc2c(N3CCN(Cc4ccccc4)CC3)[c-]ccc2N1.[Y+3]. The van der Waals surface area contributed by atoms with Crippen molar-refractivity contribution in [3.05, 3.63) is 59.7 Å². The van der Waals surface area contributed by atoms with Gasteiger partial charge in [0.05, 0.1) is 0 Å². The van der Waals surface area contributed by atoms with E-state index in [9.17, 15) is 4.79 Å². The molecule has 2 aliphatic rings. The Bertz CT molecular complexity index is 712. The van der Waals surface area contributed by atoms with Crippen LogP contribution >= 0.6 is 0 Å². The average Bonchev–Trinajstić information content (AvgIpc) is 2.97. The van der Waals surface area contributed by atoms with Crippen LogP contribution in [-0.2, 0) is 50.5 Å². The third-order valence-corrected chi connectivity index (χ3v) is 4.63. The van der Waals surface area contributed by atoms with Gasteiger partial charge in [-0.05, 0) is 5.56 Å². The Morgan fingerprint density at radius 2 is 1.79 bits per heavy atom. The summed E-state index contributed by atoms with van der Waals surface area (Å²) in [6.45, 7) is 5.04. The van der Waals surface area contributed by atoms with E-state index in [1.165, 1.54) is 5.56 Å². The number of rotatable bonds is 3. The molecule has 1 fully saturated rings. The van der Waals surface area contributed by atoms with E-state index in [1.807, 2.05) is 12.1 Å². The molecule has 0 saturated carbocycles. The van der Waals surface area contributed by atoms with E-state index < -0.39 is 0 Å². The number of fused-ring (bicyclic) bond motifs is 1. The molecule has 2 aromatic rings. The molecule has 0 aromatic heterocycles. The minimum atomic E-state index is 0. The molecular weight excluding hydrogens is 375 g/mol.